The van der Waals surface area contributed by atoms with Gasteiger partial charge in [0.15, 0.2) is 16.8 Å². The van der Waals surface area contributed by atoms with Crippen LogP contribution in [0.15, 0.2) is 82.9 Å². The highest BCUT2D eigenvalue weighted by Crippen LogP contribution is 2.27. The lowest BCUT2D eigenvalue weighted by atomic mass is 10.2. The number of thioether (sulfide) groups is 1. The summed E-state index contributed by atoms with van der Waals surface area (Å²) in [5.74, 6) is 1.12. The fourth-order valence-electron chi connectivity index (χ4n) is 3.76. The highest BCUT2D eigenvalue weighted by atomic mass is 79.9. The monoisotopic (exact) mass is 506 g/mol. The average molecular weight is 507 g/mol. The summed E-state index contributed by atoms with van der Waals surface area (Å²) < 4.78 is 5.10. The molecule has 0 amide bonds. The number of nitrogens with zero attached hydrogens (tertiary/aromatic N) is 4. The Morgan fingerprint density at radius 3 is 2.59 bits per heavy atom. The van der Waals surface area contributed by atoms with Crippen molar-refractivity contribution in [1.29, 1.82) is 0 Å². The van der Waals surface area contributed by atoms with E-state index < -0.39 is 0 Å². The van der Waals surface area contributed by atoms with Crippen LogP contribution in [0, 0.1) is 13.8 Å². The van der Waals surface area contributed by atoms with Gasteiger partial charge in [0.2, 0.25) is 0 Å². The number of rotatable bonds is 8. The molecule has 0 radical (unpaired) electrons. The molecule has 0 fully saturated rings. The van der Waals surface area contributed by atoms with Gasteiger partial charge >= 0.3 is 0 Å². The van der Waals surface area contributed by atoms with Crippen LogP contribution in [0.3, 0.4) is 0 Å². The van der Waals surface area contributed by atoms with Crippen LogP contribution in [-0.4, -0.2) is 30.9 Å². The number of carbonyl (C=O) groups excluding carboxylic acids is 1. The van der Waals surface area contributed by atoms with Crippen molar-refractivity contribution >= 4 is 33.5 Å². The van der Waals surface area contributed by atoms with E-state index in [-0.39, 0.29) is 11.5 Å². The molecular weight excluding hydrogens is 484 g/mol. The van der Waals surface area contributed by atoms with E-state index in [1.54, 1.807) is 0 Å². The first-order valence-electron chi connectivity index (χ1n) is 10.2. The lowest BCUT2D eigenvalue weighted by Crippen LogP contribution is -2.07. The van der Waals surface area contributed by atoms with Crippen LogP contribution in [0.25, 0.3) is 17.1 Å². The number of allylic oxidation sites excluding steroid dienone is 1. The van der Waals surface area contributed by atoms with Gasteiger partial charge in [-0.2, -0.15) is 0 Å². The maximum absolute atomic E-state index is 13.1. The molecule has 4 aromatic rings. The third-order valence-corrected chi connectivity index (χ3v) is 6.65. The number of carbonyl (C=O) groups is 1. The van der Waals surface area contributed by atoms with Crippen molar-refractivity contribution in [2.24, 2.45) is 0 Å². The van der Waals surface area contributed by atoms with Gasteiger partial charge in [0, 0.05) is 39.2 Å². The number of halogens is 1. The van der Waals surface area contributed by atoms with E-state index >= 15 is 0 Å². The molecule has 0 aliphatic rings. The number of ketones is 1. The van der Waals surface area contributed by atoms with E-state index in [1.807, 2.05) is 85.2 Å². The summed E-state index contributed by atoms with van der Waals surface area (Å²) in [5, 5.41) is 9.42. The minimum Gasteiger partial charge on any atom is -0.318 e. The Morgan fingerprint density at radius 1 is 1.09 bits per heavy atom. The fourth-order valence-corrected chi connectivity index (χ4v) is 4.97. The van der Waals surface area contributed by atoms with Crippen molar-refractivity contribution in [3.63, 3.8) is 0 Å². The average Bonchev–Trinajstić information content (AvgIpc) is 3.33. The largest absolute Gasteiger partial charge is 0.318 e. The van der Waals surface area contributed by atoms with E-state index in [2.05, 4.69) is 37.3 Å². The summed E-state index contributed by atoms with van der Waals surface area (Å²) >= 11 is 4.93. The van der Waals surface area contributed by atoms with Crippen molar-refractivity contribution in [2.45, 2.75) is 25.5 Å². The molecule has 4 rings (SSSR count). The smallest absolute Gasteiger partial charge is 0.192 e. The summed E-state index contributed by atoms with van der Waals surface area (Å²) in [6, 6.07) is 19.9. The number of aryl methyl sites for hydroxylation is 1. The Hall–Kier alpha value is -2.90. The van der Waals surface area contributed by atoms with Gasteiger partial charge in [0.25, 0.3) is 0 Å². The summed E-state index contributed by atoms with van der Waals surface area (Å²) in [6.45, 7) is 8.43. The number of hydrogen-bond acceptors (Lipinski definition) is 4. The number of aromatic nitrogens is 4. The molecule has 0 saturated carbocycles. The van der Waals surface area contributed by atoms with Crippen molar-refractivity contribution < 1.29 is 4.79 Å². The Bertz CT molecular complexity index is 1280. The third-order valence-electron chi connectivity index (χ3n) is 5.19. The van der Waals surface area contributed by atoms with Crippen LogP contribution in [-0.2, 0) is 6.54 Å². The van der Waals surface area contributed by atoms with E-state index in [1.165, 1.54) is 11.8 Å². The number of benzene rings is 2. The zero-order valence-corrected chi connectivity index (χ0v) is 20.4. The second kappa shape index (κ2) is 9.71. The molecule has 0 aliphatic carbocycles. The minimum absolute atomic E-state index is 0.0683. The van der Waals surface area contributed by atoms with Gasteiger partial charge in [0.1, 0.15) is 0 Å². The van der Waals surface area contributed by atoms with E-state index in [0.29, 0.717) is 11.7 Å². The molecule has 32 heavy (non-hydrogen) atoms. The van der Waals surface area contributed by atoms with Crippen LogP contribution in [0.5, 0.6) is 0 Å². The van der Waals surface area contributed by atoms with Crippen molar-refractivity contribution in [2.75, 3.05) is 5.75 Å². The van der Waals surface area contributed by atoms with Crippen molar-refractivity contribution in [3.8, 4) is 17.1 Å². The van der Waals surface area contributed by atoms with Gasteiger partial charge < -0.3 is 4.57 Å². The zero-order chi connectivity index (χ0) is 22.7. The van der Waals surface area contributed by atoms with E-state index in [4.69, 9.17) is 0 Å². The Morgan fingerprint density at radius 2 is 1.88 bits per heavy atom. The number of Topliss-reactive ketones (excluding diaryl/α,β-unsaturated/α-hetero) is 1. The number of hydrogen-bond donors (Lipinski definition) is 0. The van der Waals surface area contributed by atoms with Crippen molar-refractivity contribution in [3.05, 3.63) is 94.7 Å². The third kappa shape index (κ3) is 4.49. The molecule has 2 aromatic heterocycles. The molecule has 7 heteroatoms. The van der Waals surface area contributed by atoms with Crippen LogP contribution in [0.4, 0.5) is 0 Å². The maximum atomic E-state index is 13.1. The Balaban J connectivity index is 1.57. The normalized spacial score (nSPS) is 11.0. The molecule has 2 aromatic carbocycles. The van der Waals surface area contributed by atoms with E-state index in [9.17, 15) is 4.79 Å². The minimum atomic E-state index is 0.0683. The van der Waals surface area contributed by atoms with Gasteiger partial charge in [-0.25, -0.2) is 0 Å². The molecule has 162 valence electrons. The summed E-state index contributed by atoms with van der Waals surface area (Å²) in [5.41, 5.74) is 4.70. The van der Waals surface area contributed by atoms with Crippen LogP contribution < -0.4 is 0 Å². The highest BCUT2D eigenvalue weighted by molar-refractivity contribution is 9.10. The molecule has 0 N–H and O–H groups in total. The topological polar surface area (TPSA) is 52.7 Å². The predicted octanol–water partition coefficient (Wildman–Crippen LogP) is 6.28. The molecule has 0 bridgehead atoms. The molecular formula is C25H23BrN4OS. The Kier molecular flexibility index (Phi) is 6.77. The first-order chi connectivity index (χ1) is 15.5. The summed E-state index contributed by atoms with van der Waals surface area (Å²) in [6.07, 6.45) is 1.81. The zero-order valence-electron chi connectivity index (χ0n) is 18.0. The molecule has 0 atom stereocenters. The molecule has 0 saturated heterocycles. The maximum Gasteiger partial charge on any atom is 0.192 e. The van der Waals surface area contributed by atoms with E-state index in [0.717, 1.165) is 38.5 Å². The molecule has 0 spiro atoms. The summed E-state index contributed by atoms with van der Waals surface area (Å²) in [7, 11) is 0. The summed E-state index contributed by atoms with van der Waals surface area (Å²) in [4.78, 5) is 13.1. The van der Waals surface area contributed by atoms with Gasteiger partial charge in [-0.15, -0.1) is 16.8 Å². The van der Waals surface area contributed by atoms with Crippen LogP contribution in [0.1, 0.15) is 21.7 Å². The lowest BCUT2D eigenvalue weighted by Gasteiger charge is -2.10. The van der Waals surface area contributed by atoms with Gasteiger partial charge in [-0.05, 0) is 38.1 Å². The van der Waals surface area contributed by atoms with Gasteiger partial charge in [-0.1, -0.05) is 70.2 Å². The van der Waals surface area contributed by atoms with Gasteiger partial charge in [-0.3, -0.25) is 9.36 Å². The van der Waals surface area contributed by atoms with Crippen molar-refractivity contribution in [1.82, 2.24) is 19.3 Å². The molecule has 5 nitrogen and oxygen atoms in total. The SMILES string of the molecule is C=CCn1c(SCC(=O)c2cc(C)n(-c3cccc(Br)c3)c2C)nnc1-c1ccccc1. The molecule has 0 aliphatic heterocycles. The second-order valence-electron chi connectivity index (χ2n) is 7.38. The second-order valence-corrected chi connectivity index (χ2v) is 9.24. The highest BCUT2D eigenvalue weighted by Gasteiger charge is 2.19. The van der Waals surface area contributed by atoms with Crippen LogP contribution >= 0.6 is 27.7 Å². The first-order valence-corrected chi connectivity index (χ1v) is 12.0. The fraction of sp³-hybridized carbons (Fsp3) is 0.160. The van der Waals surface area contributed by atoms with Gasteiger partial charge in [0.05, 0.1) is 5.75 Å². The lowest BCUT2D eigenvalue weighted by molar-refractivity contribution is 0.102. The molecule has 2 heterocycles. The predicted molar refractivity (Wildman–Crippen MR) is 134 cm³/mol. The first kappa shape index (κ1) is 22.3. The quantitative estimate of drug-likeness (QED) is 0.160. The standard InChI is InChI=1S/C25H23BrN4OS/c1-4-13-29-24(19-9-6-5-7-10-19)27-28-25(29)32-16-23(31)22-14-17(2)30(18(22)3)21-12-8-11-20(26)15-21/h4-12,14-15H,1,13,16H2,2-3H3. The Labute approximate surface area is 200 Å². The van der Waals surface area contributed by atoms with Crippen LogP contribution in [0.2, 0.25) is 0 Å². The molecule has 0 unspecified atom stereocenters.